The van der Waals surface area contributed by atoms with E-state index in [1.54, 1.807) is 0 Å². The molecule has 0 radical (unpaired) electrons. The highest BCUT2D eigenvalue weighted by atomic mass is 79.9. The van der Waals surface area contributed by atoms with Gasteiger partial charge in [0.05, 0.1) is 6.04 Å². The smallest absolute Gasteiger partial charge is 0.230 e. The molecule has 0 aromatic heterocycles. The van der Waals surface area contributed by atoms with Crippen molar-refractivity contribution in [1.82, 2.24) is 0 Å². The lowest BCUT2D eigenvalue weighted by Gasteiger charge is -2.41. The number of carbonyl (C=O) groups excluding carboxylic acids is 1. The average molecular weight is 401 g/mol. The zero-order valence-corrected chi connectivity index (χ0v) is 16.6. The molecule has 0 saturated carbocycles. The fourth-order valence-corrected chi connectivity index (χ4v) is 3.71. The van der Waals surface area contributed by atoms with Crippen molar-refractivity contribution < 1.29 is 4.79 Å². The first-order valence-electron chi connectivity index (χ1n) is 8.95. The van der Waals surface area contributed by atoms with Gasteiger partial charge in [-0.1, -0.05) is 48.0 Å². The molecule has 3 atom stereocenters. The second kappa shape index (κ2) is 7.61. The van der Waals surface area contributed by atoms with Gasteiger partial charge in [-0.15, -0.1) is 0 Å². The first-order valence-corrected chi connectivity index (χ1v) is 9.74. The Balaban J connectivity index is 1.92. The Morgan fingerprint density at radius 1 is 1.24 bits per heavy atom. The van der Waals surface area contributed by atoms with Crippen LogP contribution in [0.25, 0.3) is 0 Å². The average Bonchev–Trinajstić information content (AvgIpc) is 2.62. The summed E-state index contributed by atoms with van der Waals surface area (Å²) < 4.78 is 1.07. The second-order valence-corrected chi connectivity index (χ2v) is 7.78. The zero-order valence-electron chi connectivity index (χ0n) is 15.0. The normalized spacial score (nSPS) is 20.7. The van der Waals surface area contributed by atoms with E-state index in [1.807, 2.05) is 30.0 Å². The Kier molecular flexibility index (Phi) is 5.48. The molecule has 4 heteroatoms. The molecule has 0 aliphatic carbocycles. The van der Waals surface area contributed by atoms with E-state index in [4.69, 9.17) is 0 Å². The van der Waals surface area contributed by atoms with Crippen molar-refractivity contribution in [3.8, 4) is 0 Å². The number of hydrogen-bond acceptors (Lipinski definition) is 2. The Labute approximate surface area is 158 Å². The molecule has 0 saturated heterocycles. The number of benzene rings is 2. The third-order valence-electron chi connectivity index (χ3n) is 5.05. The van der Waals surface area contributed by atoms with Gasteiger partial charge in [-0.3, -0.25) is 4.79 Å². The Morgan fingerprint density at radius 2 is 1.92 bits per heavy atom. The molecule has 1 aliphatic heterocycles. The van der Waals surface area contributed by atoms with E-state index in [2.05, 4.69) is 65.4 Å². The van der Waals surface area contributed by atoms with Crippen LogP contribution in [0.1, 0.15) is 45.2 Å². The lowest BCUT2D eigenvalue weighted by molar-refractivity contribution is -0.122. The molecule has 1 heterocycles. The fraction of sp³-hybridized carbons (Fsp3) is 0.381. The molecule has 2 aromatic rings. The van der Waals surface area contributed by atoms with Gasteiger partial charge >= 0.3 is 0 Å². The van der Waals surface area contributed by atoms with Crippen LogP contribution in [0.4, 0.5) is 11.4 Å². The molecule has 2 aromatic carbocycles. The summed E-state index contributed by atoms with van der Waals surface area (Å²) in [6.45, 7) is 6.23. The van der Waals surface area contributed by atoms with Gasteiger partial charge in [-0.05, 0) is 55.7 Å². The third-order valence-corrected chi connectivity index (χ3v) is 5.57. The van der Waals surface area contributed by atoms with Gasteiger partial charge in [0.2, 0.25) is 5.91 Å². The van der Waals surface area contributed by atoms with Crippen LogP contribution in [-0.2, 0) is 4.79 Å². The van der Waals surface area contributed by atoms with Crippen LogP contribution >= 0.6 is 15.9 Å². The molecule has 1 aliphatic rings. The number of rotatable bonds is 4. The molecule has 0 spiro atoms. The summed E-state index contributed by atoms with van der Waals surface area (Å²) in [6, 6.07) is 16.9. The molecule has 3 rings (SSSR count). The Hall–Kier alpha value is -1.81. The van der Waals surface area contributed by atoms with Crippen LogP contribution in [0.15, 0.2) is 53.0 Å². The third kappa shape index (κ3) is 3.74. The fourth-order valence-electron chi connectivity index (χ4n) is 3.44. The van der Waals surface area contributed by atoms with Gasteiger partial charge in [0.25, 0.3) is 0 Å². The maximum absolute atomic E-state index is 12.9. The molecular weight excluding hydrogens is 376 g/mol. The minimum absolute atomic E-state index is 0.0477. The maximum atomic E-state index is 12.9. The minimum atomic E-state index is 0.0477. The first-order chi connectivity index (χ1) is 12.0. The zero-order chi connectivity index (χ0) is 18.0. The number of anilines is 2. The van der Waals surface area contributed by atoms with E-state index in [-0.39, 0.29) is 23.9 Å². The van der Waals surface area contributed by atoms with Crippen LogP contribution in [0.5, 0.6) is 0 Å². The maximum Gasteiger partial charge on any atom is 0.230 e. The number of nitrogens with one attached hydrogen (secondary N) is 1. The largest absolute Gasteiger partial charge is 0.378 e. The Bertz CT molecular complexity index is 744. The van der Waals surface area contributed by atoms with E-state index in [1.165, 1.54) is 5.56 Å². The molecule has 0 bridgehead atoms. The highest BCUT2D eigenvalue weighted by Gasteiger charge is 2.34. The van der Waals surface area contributed by atoms with Crippen LogP contribution < -0.4 is 10.2 Å². The highest BCUT2D eigenvalue weighted by Crippen LogP contribution is 2.39. The van der Waals surface area contributed by atoms with Crippen LogP contribution in [0, 0.1) is 5.92 Å². The number of carbonyl (C=O) groups is 1. The number of halogens is 1. The van der Waals surface area contributed by atoms with E-state index < -0.39 is 0 Å². The van der Waals surface area contributed by atoms with Gasteiger partial charge in [-0.2, -0.15) is 0 Å². The van der Waals surface area contributed by atoms with E-state index in [0.29, 0.717) is 0 Å². The molecular formula is C21H25BrN2O. The van der Waals surface area contributed by atoms with Gasteiger partial charge in [-0.25, -0.2) is 0 Å². The number of hydrogen-bond donors (Lipinski definition) is 1. The number of nitrogens with zero attached hydrogens (tertiary/aromatic N) is 1. The van der Waals surface area contributed by atoms with Crippen molar-refractivity contribution >= 4 is 33.2 Å². The molecule has 25 heavy (non-hydrogen) atoms. The van der Waals surface area contributed by atoms with E-state index in [9.17, 15) is 4.79 Å². The van der Waals surface area contributed by atoms with Crippen molar-refractivity contribution in [1.29, 1.82) is 0 Å². The molecule has 1 unspecified atom stereocenters. The summed E-state index contributed by atoms with van der Waals surface area (Å²) in [5.41, 5.74) is 3.33. The summed E-state index contributed by atoms with van der Waals surface area (Å²) in [7, 11) is 0. The Morgan fingerprint density at radius 3 is 2.60 bits per heavy atom. The topological polar surface area (TPSA) is 32.3 Å². The summed E-state index contributed by atoms with van der Waals surface area (Å²) in [6.07, 6.45) is 1.76. The predicted molar refractivity (Wildman–Crippen MR) is 108 cm³/mol. The van der Waals surface area contributed by atoms with Crippen molar-refractivity contribution in [2.45, 2.75) is 45.7 Å². The lowest BCUT2D eigenvalue weighted by atomic mass is 9.90. The summed E-state index contributed by atoms with van der Waals surface area (Å²) >= 11 is 3.48. The number of fused-ring (bicyclic) bond motifs is 1. The number of para-hydroxylation sites is 1. The van der Waals surface area contributed by atoms with E-state index >= 15 is 0 Å². The standard InChI is InChI=1S/C21H25BrN2O/c1-4-14(2)21(25)24-15(3)13-19(18-7-5-6-8-20(18)24)23-17-11-9-16(22)10-12-17/h5-12,14-15,19,23H,4,13H2,1-3H3/t14?,15-,19+/m0/s1. The summed E-state index contributed by atoms with van der Waals surface area (Å²) in [4.78, 5) is 14.9. The quantitative estimate of drug-likeness (QED) is 0.705. The molecule has 1 N–H and O–H groups in total. The monoisotopic (exact) mass is 400 g/mol. The van der Waals surface area contributed by atoms with Gasteiger partial charge in [0, 0.05) is 27.8 Å². The van der Waals surface area contributed by atoms with Crippen LogP contribution in [0.2, 0.25) is 0 Å². The molecule has 0 fully saturated rings. The van der Waals surface area contributed by atoms with E-state index in [0.717, 1.165) is 28.7 Å². The molecule has 3 nitrogen and oxygen atoms in total. The predicted octanol–water partition coefficient (Wildman–Crippen LogP) is 5.77. The first kappa shape index (κ1) is 18.0. The van der Waals surface area contributed by atoms with Crippen molar-refractivity contribution in [2.75, 3.05) is 10.2 Å². The van der Waals surface area contributed by atoms with Crippen molar-refractivity contribution in [2.24, 2.45) is 5.92 Å². The SMILES string of the molecule is CCC(C)C(=O)N1c2ccccc2[C@H](Nc2ccc(Br)cc2)C[C@@H]1C. The van der Waals surface area contributed by atoms with Gasteiger partial charge < -0.3 is 10.2 Å². The van der Waals surface area contributed by atoms with Crippen LogP contribution in [0.3, 0.4) is 0 Å². The minimum Gasteiger partial charge on any atom is -0.378 e. The second-order valence-electron chi connectivity index (χ2n) is 6.86. The molecule has 132 valence electrons. The van der Waals surface area contributed by atoms with Crippen molar-refractivity contribution in [3.05, 3.63) is 58.6 Å². The van der Waals surface area contributed by atoms with Crippen molar-refractivity contribution in [3.63, 3.8) is 0 Å². The number of amides is 1. The summed E-state index contributed by atoms with van der Waals surface area (Å²) in [5, 5.41) is 3.64. The summed E-state index contributed by atoms with van der Waals surface area (Å²) in [5.74, 6) is 0.274. The van der Waals surface area contributed by atoms with Crippen LogP contribution in [-0.4, -0.2) is 11.9 Å². The highest BCUT2D eigenvalue weighted by molar-refractivity contribution is 9.10. The lowest BCUT2D eigenvalue weighted by Crippen LogP contribution is -2.46. The van der Waals surface area contributed by atoms with Gasteiger partial charge in [0.15, 0.2) is 0 Å². The van der Waals surface area contributed by atoms with Gasteiger partial charge in [0.1, 0.15) is 0 Å². The molecule has 1 amide bonds.